The summed E-state index contributed by atoms with van der Waals surface area (Å²) in [4.78, 5) is 14.9. The largest absolute Gasteiger partial charge is 0.456 e. The van der Waals surface area contributed by atoms with Crippen LogP contribution in [0.3, 0.4) is 0 Å². The molecule has 0 saturated carbocycles. The highest BCUT2D eigenvalue weighted by Crippen LogP contribution is 2.41. The Morgan fingerprint density at radius 1 is 0.333 bits per heavy atom. The maximum atomic E-state index is 6.61. The zero-order valence-corrected chi connectivity index (χ0v) is 30.4. The predicted octanol–water partition coefficient (Wildman–Crippen LogP) is 13.4. The molecule has 0 saturated heterocycles. The number of hydrogen-bond acceptors (Lipinski definition) is 5. The summed E-state index contributed by atoms with van der Waals surface area (Å²) in [5, 5.41) is 6.59. The molecule has 0 amide bonds. The molecular weight excluding hydrogens is 701 g/mol. The van der Waals surface area contributed by atoms with Gasteiger partial charge in [-0.2, -0.15) is 0 Å². The summed E-state index contributed by atoms with van der Waals surface area (Å²) in [7, 11) is 0. The number of para-hydroxylation sites is 2. The second-order valence-electron chi connectivity index (χ2n) is 14.4. The van der Waals surface area contributed by atoms with Gasteiger partial charge in [0.25, 0.3) is 0 Å². The standard InChI is InChI=1S/C51H30N4O2/c1-3-13-31(14-4-1)49-52-50(32-15-5-2-6-16-32)54-51(53-49)39-19-11-23-43-47(39)37-27-25-33(29-45(37)56-43)34-26-28-38-46(30-34)57-44-24-12-22-42(48(38)44)55-40-20-9-7-17-35(40)36-18-8-10-21-41(36)55/h1-30H. The van der Waals surface area contributed by atoms with Gasteiger partial charge >= 0.3 is 0 Å². The fourth-order valence-electron chi connectivity index (χ4n) is 8.48. The molecule has 6 nitrogen and oxygen atoms in total. The smallest absolute Gasteiger partial charge is 0.164 e. The van der Waals surface area contributed by atoms with E-state index in [-0.39, 0.29) is 0 Å². The van der Waals surface area contributed by atoms with Gasteiger partial charge in [0.05, 0.1) is 22.1 Å². The summed E-state index contributed by atoms with van der Waals surface area (Å²) >= 11 is 0. The van der Waals surface area contributed by atoms with Crippen molar-refractivity contribution < 1.29 is 8.83 Å². The SMILES string of the molecule is c1ccc(-c2nc(-c3ccccc3)nc(-c3cccc4oc5cc(-c6ccc7c(c6)oc6cccc(-n8c9ccccc9c9ccccc98)c67)ccc5c34)n2)cc1. The zero-order valence-electron chi connectivity index (χ0n) is 30.4. The number of nitrogens with zero attached hydrogens (tertiary/aromatic N) is 4. The van der Waals surface area contributed by atoms with Crippen LogP contribution in [0.15, 0.2) is 191 Å². The Balaban J connectivity index is 0.984. The number of aromatic nitrogens is 4. The van der Waals surface area contributed by atoms with Gasteiger partial charge in [0.2, 0.25) is 0 Å². The molecule has 0 radical (unpaired) electrons. The first-order chi connectivity index (χ1) is 28.2. The molecule has 6 heteroatoms. The maximum Gasteiger partial charge on any atom is 0.164 e. The highest BCUT2D eigenvalue weighted by atomic mass is 16.3. The third kappa shape index (κ3) is 4.94. The molecule has 0 aliphatic carbocycles. The van der Waals surface area contributed by atoms with Crippen LogP contribution >= 0.6 is 0 Å². The predicted molar refractivity (Wildman–Crippen MR) is 230 cm³/mol. The van der Waals surface area contributed by atoms with E-state index in [9.17, 15) is 0 Å². The molecule has 12 rings (SSSR count). The Kier molecular flexibility index (Phi) is 6.83. The fraction of sp³-hybridized carbons (Fsp3) is 0. The number of furan rings is 2. The van der Waals surface area contributed by atoms with E-state index in [4.69, 9.17) is 23.8 Å². The van der Waals surface area contributed by atoms with Crippen LogP contribution in [0.25, 0.3) is 117 Å². The van der Waals surface area contributed by atoms with E-state index in [1.165, 1.54) is 21.8 Å². The normalized spacial score (nSPS) is 11.9. The van der Waals surface area contributed by atoms with Crippen LogP contribution in [0.4, 0.5) is 0 Å². The van der Waals surface area contributed by atoms with E-state index in [0.29, 0.717) is 17.5 Å². The summed E-state index contributed by atoms with van der Waals surface area (Å²) in [5.74, 6) is 1.83. The van der Waals surface area contributed by atoms with Crippen LogP contribution in [0.5, 0.6) is 0 Å². The molecule has 4 heterocycles. The second kappa shape index (κ2) is 12.3. The Bertz CT molecular complexity index is 3410. The highest BCUT2D eigenvalue weighted by molar-refractivity contribution is 6.15. The van der Waals surface area contributed by atoms with E-state index in [2.05, 4.69) is 114 Å². The van der Waals surface area contributed by atoms with Gasteiger partial charge in [-0.1, -0.05) is 127 Å². The number of fused-ring (bicyclic) bond motifs is 9. The molecule has 12 aromatic rings. The van der Waals surface area contributed by atoms with E-state index in [1.54, 1.807) is 0 Å². The molecule has 0 unspecified atom stereocenters. The molecule has 57 heavy (non-hydrogen) atoms. The van der Waals surface area contributed by atoms with Crippen molar-refractivity contribution >= 4 is 65.7 Å². The van der Waals surface area contributed by atoms with Crippen molar-refractivity contribution in [2.45, 2.75) is 0 Å². The van der Waals surface area contributed by atoms with Crippen molar-refractivity contribution in [3.63, 3.8) is 0 Å². The minimum atomic E-state index is 0.593. The van der Waals surface area contributed by atoms with Gasteiger partial charge in [-0.3, -0.25) is 0 Å². The lowest BCUT2D eigenvalue weighted by Crippen LogP contribution is -2.00. The van der Waals surface area contributed by atoms with Gasteiger partial charge in [0, 0.05) is 43.6 Å². The summed E-state index contributed by atoms with van der Waals surface area (Å²) in [6.07, 6.45) is 0. The Hall–Kier alpha value is -7.83. The molecule has 4 aromatic heterocycles. The van der Waals surface area contributed by atoms with E-state index < -0.39 is 0 Å². The molecule has 8 aromatic carbocycles. The minimum absolute atomic E-state index is 0.593. The molecule has 0 fully saturated rings. The van der Waals surface area contributed by atoms with E-state index in [0.717, 1.165) is 77.4 Å². The highest BCUT2D eigenvalue weighted by Gasteiger charge is 2.20. The van der Waals surface area contributed by atoms with Crippen molar-refractivity contribution in [3.05, 3.63) is 182 Å². The summed E-state index contributed by atoms with van der Waals surface area (Å²) in [5.41, 5.74) is 11.5. The van der Waals surface area contributed by atoms with E-state index >= 15 is 0 Å². The third-order valence-electron chi connectivity index (χ3n) is 11.1. The van der Waals surface area contributed by atoms with Gasteiger partial charge in [0.1, 0.15) is 22.3 Å². The molecule has 0 N–H and O–H groups in total. The Morgan fingerprint density at radius 2 is 0.825 bits per heavy atom. The van der Waals surface area contributed by atoms with Crippen LogP contribution in [0.1, 0.15) is 0 Å². The number of hydrogen-bond donors (Lipinski definition) is 0. The summed E-state index contributed by atoms with van der Waals surface area (Å²) in [6, 6.07) is 62.6. The maximum absolute atomic E-state index is 6.61. The molecule has 0 aliphatic rings. The van der Waals surface area contributed by atoms with Gasteiger partial charge < -0.3 is 13.4 Å². The average molecular weight is 731 g/mol. The first kappa shape index (κ1) is 31.5. The molecular formula is C51H30N4O2. The quantitative estimate of drug-likeness (QED) is 0.176. The van der Waals surface area contributed by atoms with Crippen molar-refractivity contribution in [2.24, 2.45) is 0 Å². The van der Waals surface area contributed by atoms with Crippen LogP contribution < -0.4 is 0 Å². The first-order valence-corrected chi connectivity index (χ1v) is 19.0. The van der Waals surface area contributed by atoms with Gasteiger partial charge in [-0.05, 0) is 65.7 Å². The fourth-order valence-corrected chi connectivity index (χ4v) is 8.48. The van der Waals surface area contributed by atoms with Crippen molar-refractivity contribution in [1.82, 2.24) is 19.5 Å². The van der Waals surface area contributed by atoms with Crippen LogP contribution in [0.2, 0.25) is 0 Å². The Morgan fingerprint density at radius 3 is 1.42 bits per heavy atom. The van der Waals surface area contributed by atoms with Crippen molar-refractivity contribution in [3.8, 4) is 51.0 Å². The van der Waals surface area contributed by atoms with Crippen molar-refractivity contribution in [2.75, 3.05) is 0 Å². The van der Waals surface area contributed by atoms with Gasteiger partial charge in [-0.25, -0.2) is 15.0 Å². The minimum Gasteiger partial charge on any atom is -0.456 e. The number of rotatable bonds is 5. The van der Waals surface area contributed by atoms with E-state index in [1.807, 2.05) is 72.8 Å². The van der Waals surface area contributed by atoms with Gasteiger partial charge in [-0.15, -0.1) is 0 Å². The molecule has 0 bridgehead atoms. The topological polar surface area (TPSA) is 69.9 Å². The van der Waals surface area contributed by atoms with Crippen LogP contribution in [0, 0.1) is 0 Å². The third-order valence-corrected chi connectivity index (χ3v) is 11.1. The second-order valence-corrected chi connectivity index (χ2v) is 14.4. The Labute approximate surface area is 325 Å². The van der Waals surface area contributed by atoms with Crippen LogP contribution in [-0.2, 0) is 0 Å². The molecule has 266 valence electrons. The number of benzene rings is 8. The molecule has 0 spiro atoms. The molecule has 0 atom stereocenters. The van der Waals surface area contributed by atoms with Crippen molar-refractivity contribution in [1.29, 1.82) is 0 Å². The lowest BCUT2D eigenvalue weighted by molar-refractivity contribution is 0.668. The monoisotopic (exact) mass is 730 g/mol. The van der Waals surface area contributed by atoms with Gasteiger partial charge in [0.15, 0.2) is 17.5 Å². The lowest BCUT2D eigenvalue weighted by Gasteiger charge is -2.09. The molecule has 0 aliphatic heterocycles. The zero-order chi connectivity index (χ0) is 37.5. The van der Waals surface area contributed by atoms with Crippen LogP contribution in [-0.4, -0.2) is 19.5 Å². The lowest BCUT2D eigenvalue weighted by atomic mass is 10.00. The average Bonchev–Trinajstić information content (AvgIpc) is 3.96. The summed E-state index contributed by atoms with van der Waals surface area (Å²) in [6.45, 7) is 0. The first-order valence-electron chi connectivity index (χ1n) is 19.0. The summed E-state index contributed by atoms with van der Waals surface area (Å²) < 4.78 is 15.5.